The quantitative estimate of drug-likeness (QED) is 0.354. The number of nitrogens with zero attached hydrogens (tertiary/aromatic N) is 2. The zero-order valence-electron chi connectivity index (χ0n) is 18.7. The number of ether oxygens (including phenoxy) is 2. The number of likely N-dealkylation sites (tertiary alicyclic amines) is 1. The third kappa shape index (κ3) is 3.90. The number of rotatable bonds is 5. The van der Waals surface area contributed by atoms with Gasteiger partial charge in [-0.2, -0.15) is 0 Å². The van der Waals surface area contributed by atoms with Gasteiger partial charge in [-0.1, -0.05) is 31.2 Å². The minimum atomic E-state index is -0.729. The van der Waals surface area contributed by atoms with Crippen LogP contribution in [0.5, 0.6) is 11.5 Å². The summed E-state index contributed by atoms with van der Waals surface area (Å²) in [5.41, 5.74) is 3.18. The molecule has 2 aliphatic rings. The van der Waals surface area contributed by atoms with Crippen molar-refractivity contribution in [1.82, 2.24) is 9.88 Å². The van der Waals surface area contributed by atoms with Gasteiger partial charge in [-0.15, -0.1) is 0 Å². The molecule has 0 aliphatic carbocycles. The van der Waals surface area contributed by atoms with Crippen LogP contribution in [0.3, 0.4) is 0 Å². The number of aliphatic hydroxyl groups is 1. The van der Waals surface area contributed by atoms with Crippen LogP contribution in [0.15, 0.2) is 72.6 Å². The number of benzene rings is 2. The SMILES string of the molecule is CCc1ccc(C2/C(=C(\O)c3ccc4c(c3)OCCO4)C(=O)C(=O)N2Cc2ccncc2)cc1. The van der Waals surface area contributed by atoms with Crippen molar-refractivity contribution >= 4 is 17.4 Å². The molecule has 3 heterocycles. The number of hydrogen-bond donors (Lipinski definition) is 1. The number of carbonyl (C=O) groups excluding carboxylic acids is 2. The summed E-state index contributed by atoms with van der Waals surface area (Å²) in [7, 11) is 0. The van der Waals surface area contributed by atoms with E-state index in [0.29, 0.717) is 30.3 Å². The van der Waals surface area contributed by atoms with Crippen molar-refractivity contribution in [2.75, 3.05) is 13.2 Å². The van der Waals surface area contributed by atoms with E-state index in [-0.39, 0.29) is 17.9 Å². The van der Waals surface area contributed by atoms with Crippen molar-refractivity contribution in [2.24, 2.45) is 0 Å². The number of hydrogen-bond acceptors (Lipinski definition) is 6. The Kier molecular flexibility index (Phi) is 5.76. The van der Waals surface area contributed by atoms with E-state index >= 15 is 0 Å². The Balaban J connectivity index is 1.62. The Bertz CT molecular complexity index is 1270. The number of aryl methyl sites for hydroxylation is 1. The third-order valence-corrected chi connectivity index (χ3v) is 6.16. The molecule has 7 heteroatoms. The largest absolute Gasteiger partial charge is 0.507 e. The summed E-state index contributed by atoms with van der Waals surface area (Å²) in [6.45, 7) is 3.13. The fourth-order valence-corrected chi connectivity index (χ4v) is 4.36. The molecule has 0 radical (unpaired) electrons. The van der Waals surface area contributed by atoms with Crippen LogP contribution in [0.2, 0.25) is 0 Å². The number of carbonyl (C=O) groups is 2. The summed E-state index contributed by atoms with van der Waals surface area (Å²) < 4.78 is 11.2. The molecule has 1 unspecified atom stereocenters. The van der Waals surface area contributed by atoms with Crippen molar-refractivity contribution < 1.29 is 24.2 Å². The average Bonchev–Trinajstić information content (AvgIpc) is 3.13. The topological polar surface area (TPSA) is 89.0 Å². The maximum Gasteiger partial charge on any atom is 0.295 e. The standard InChI is InChI=1S/C27H24N2O5/c1-2-17-3-5-19(6-4-17)24-23(25(30)20-7-8-21-22(15-20)34-14-13-33-21)26(31)27(32)29(24)16-18-9-11-28-12-10-18/h3-12,15,24,30H,2,13-14,16H2,1H3/b25-23+. The first-order chi connectivity index (χ1) is 16.6. The van der Waals surface area contributed by atoms with Gasteiger partial charge in [-0.05, 0) is 53.4 Å². The lowest BCUT2D eigenvalue weighted by Crippen LogP contribution is -2.29. The van der Waals surface area contributed by atoms with E-state index in [0.717, 1.165) is 23.1 Å². The molecule has 1 fully saturated rings. The molecular formula is C27H24N2O5. The summed E-state index contributed by atoms with van der Waals surface area (Å²) in [4.78, 5) is 31.9. The van der Waals surface area contributed by atoms with Gasteiger partial charge in [-0.25, -0.2) is 0 Å². The van der Waals surface area contributed by atoms with Gasteiger partial charge in [0.15, 0.2) is 11.5 Å². The molecule has 0 saturated carbocycles. The van der Waals surface area contributed by atoms with E-state index < -0.39 is 17.7 Å². The highest BCUT2D eigenvalue weighted by Gasteiger charge is 2.46. The Hall–Kier alpha value is -4.13. The number of aromatic nitrogens is 1. The second-order valence-corrected chi connectivity index (χ2v) is 8.24. The van der Waals surface area contributed by atoms with Crippen molar-refractivity contribution in [3.8, 4) is 11.5 Å². The molecule has 2 aromatic carbocycles. The number of aliphatic hydroxyl groups excluding tert-OH is 1. The Morgan fingerprint density at radius 2 is 1.68 bits per heavy atom. The number of Topliss-reactive ketones (excluding diaryl/α,β-unsaturated/α-hetero) is 1. The van der Waals surface area contributed by atoms with E-state index in [1.165, 1.54) is 4.90 Å². The highest BCUT2D eigenvalue weighted by atomic mass is 16.6. The molecule has 2 aliphatic heterocycles. The van der Waals surface area contributed by atoms with Gasteiger partial charge < -0.3 is 19.5 Å². The maximum atomic E-state index is 13.2. The summed E-state index contributed by atoms with van der Waals surface area (Å²) in [6, 6.07) is 15.6. The molecule has 0 spiro atoms. The Morgan fingerprint density at radius 1 is 0.971 bits per heavy atom. The molecule has 0 bridgehead atoms. The van der Waals surface area contributed by atoms with Crippen LogP contribution in [0.1, 0.15) is 35.2 Å². The molecular weight excluding hydrogens is 432 g/mol. The van der Waals surface area contributed by atoms with Crippen molar-refractivity contribution in [1.29, 1.82) is 0 Å². The Labute approximate surface area is 197 Å². The van der Waals surface area contributed by atoms with Crippen LogP contribution in [-0.4, -0.2) is 39.9 Å². The summed E-state index contributed by atoms with van der Waals surface area (Å²) >= 11 is 0. The van der Waals surface area contributed by atoms with Crippen molar-refractivity contribution in [3.05, 3.63) is 94.8 Å². The number of amides is 1. The minimum absolute atomic E-state index is 0.0555. The molecule has 1 atom stereocenters. The van der Waals surface area contributed by atoms with Gasteiger partial charge in [0, 0.05) is 24.5 Å². The predicted octanol–water partition coefficient (Wildman–Crippen LogP) is 4.04. The van der Waals surface area contributed by atoms with Crippen LogP contribution in [-0.2, 0) is 22.6 Å². The first-order valence-electron chi connectivity index (χ1n) is 11.2. The summed E-state index contributed by atoms with van der Waals surface area (Å²) in [5, 5.41) is 11.3. The molecule has 5 rings (SSSR count). The molecule has 34 heavy (non-hydrogen) atoms. The fraction of sp³-hybridized carbons (Fsp3) is 0.222. The maximum absolute atomic E-state index is 13.2. The lowest BCUT2D eigenvalue weighted by atomic mass is 9.94. The number of fused-ring (bicyclic) bond motifs is 1. The van der Waals surface area contributed by atoms with E-state index in [1.807, 2.05) is 24.3 Å². The normalized spacial score (nSPS) is 18.9. The molecule has 1 N–H and O–H groups in total. The van der Waals surface area contributed by atoms with E-state index in [4.69, 9.17) is 9.47 Å². The van der Waals surface area contributed by atoms with Gasteiger partial charge in [0.05, 0.1) is 11.6 Å². The molecule has 172 valence electrons. The van der Waals surface area contributed by atoms with Gasteiger partial charge in [0.2, 0.25) is 0 Å². The van der Waals surface area contributed by atoms with Gasteiger partial charge >= 0.3 is 0 Å². The Morgan fingerprint density at radius 3 is 2.38 bits per heavy atom. The van der Waals surface area contributed by atoms with Crippen LogP contribution in [0.4, 0.5) is 0 Å². The van der Waals surface area contributed by atoms with E-state index in [2.05, 4.69) is 11.9 Å². The summed E-state index contributed by atoms with van der Waals surface area (Å²) in [5.74, 6) is -0.540. The first-order valence-corrected chi connectivity index (χ1v) is 11.2. The second-order valence-electron chi connectivity index (χ2n) is 8.24. The highest BCUT2D eigenvalue weighted by Crippen LogP contribution is 2.41. The molecule has 3 aromatic rings. The van der Waals surface area contributed by atoms with Crippen molar-refractivity contribution in [2.45, 2.75) is 25.9 Å². The number of pyridine rings is 1. The predicted molar refractivity (Wildman–Crippen MR) is 125 cm³/mol. The van der Waals surface area contributed by atoms with Gasteiger partial charge in [0.1, 0.15) is 19.0 Å². The lowest BCUT2D eigenvalue weighted by molar-refractivity contribution is -0.140. The smallest absolute Gasteiger partial charge is 0.295 e. The van der Waals surface area contributed by atoms with Crippen LogP contribution >= 0.6 is 0 Å². The molecule has 1 saturated heterocycles. The van der Waals surface area contributed by atoms with Crippen LogP contribution in [0, 0.1) is 0 Å². The monoisotopic (exact) mass is 456 g/mol. The second kappa shape index (κ2) is 9.02. The highest BCUT2D eigenvalue weighted by molar-refractivity contribution is 6.46. The first kappa shape index (κ1) is 21.7. The minimum Gasteiger partial charge on any atom is -0.507 e. The summed E-state index contributed by atoms with van der Waals surface area (Å²) in [6.07, 6.45) is 4.16. The molecule has 7 nitrogen and oxygen atoms in total. The van der Waals surface area contributed by atoms with Gasteiger partial charge in [-0.3, -0.25) is 14.6 Å². The zero-order valence-corrected chi connectivity index (χ0v) is 18.7. The van der Waals surface area contributed by atoms with Gasteiger partial charge in [0.25, 0.3) is 11.7 Å². The fourth-order valence-electron chi connectivity index (χ4n) is 4.36. The van der Waals surface area contributed by atoms with E-state index in [9.17, 15) is 14.7 Å². The zero-order chi connectivity index (χ0) is 23.7. The van der Waals surface area contributed by atoms with Crippen LogP contribution in [0.25, 0.3) is 5.76 Å². The third-order valence-electron chi connectivity index (χ3n) is 6.16. The molecule has 1 aromatic heterocycles. The van der Waals surface area contributed by atoms with E-state index in [1.54, 1.807) is 42.7 Å². The average molecular weight is 456 g/mol. The lowest BCUT2D eigenvalue weighted by Gasteiger charge is -2.25. The number of ketones is 1. The molecule has 1 amide bonds. The van der Waals surface area contributed by atoms with Crippen LogP contribution < -0.4 is 9.47 Å². The van der Waals surface area contributed by atoms with Crippen molar-refractivity contribution in [3.63, 3.8) is 0 Å².